The number of likely N-dealkylation sites (N-methyl/N-ethyl adjacent to an activating group) is 1. The molecule has 4 rings (SSSR count). The summed E-state index contributed by atoms with van der Waals surface area (Å²) in [5.74, 6) is -0.350. The zero-order valence-electron chi connectivity index (χ0n) is 17.8. The Morgan fingerprint density at radius 3 is 2.77 bits per heavy atom. The van der Waals surface area contributed by atoms with Gasteiger partial charge < -0.3 is 15.0 Å². The average molecular weight is 409 g/mol. The highest BCUT2D eigenvalue weighted by Crippen LogP contribution is 2.30. The van der Waals surface area contributed by atoms with E-state index in [0.717, 1.165) is 31.9 Å². The fraction of sp³-hybridized carbons (Fsp3) is 0.375. The summed E-state index contributed by atoms with van der Waals surface area (Å²) in [5, 5.41) is 10.8. The molecule has 1 aliphatic rings. The molecule has 2 heterocycles. The van der Waals surface area contributed by atoms with E-state index >= 15 is 0 Å². The fourth-order valence-corrected chi connectivity index (χ4v) is 4.51. The van der Waals surface area contributed by atoms with Crippen molar-refractivity contribution in [2.24, 2.45) is 4.99 Å². The van der Waals surface area contributed by atoms with Gasteiger partial charge in [-0.3, -0.25) is 9.89 Å². The molecular weight excluding hydrogens is 379 g/mol. The number of hydrogen-bond acceptors (Lipinski definition) is 4. The van der Waals surface area contributed by atoms with Crippen molar-refractivity contribution >= 4 is 28.5 Å². The molecule has 158 valence electrons. The molecule has 1 saturated heterocycles. The summed E-state index contributed by atoms with van der Waals surface area (Å²) in [6, 6.07) is 11.2. The summed E-state index contributed by atoms with van der Waals surface area (Å²) >= 11 is 0. The molecule has 6 heteroatoms. The molecule has 30 heavy (non-hydrogen) atoms. The second kappa shape index (κ2) is 8.48. The summed E-state index contributed by atoms with van der Waals surface area (Å²) in [7, 11) is 0. The lowest BCUT2D eigenvalue weighted by molar-refractivity contribution is 0.232. The number of aromatic amines is 1. The van der Waals surface area contributed by atoms with Crippen LogP contribution < -0.4 is 4.90 Å². The lowest BCUT2D eigenvalue weighted by Crippen LogP contribution is -2.37. The van der Waals surface area contributed by atoms with Gasteiger partial charge in [0.1, 0.15) is 5.82 Å². The number of benzene rings is 2. The minimum absolute atomic E-state index is 0.00722. The van der Waals surface area contributed by atoms with Crippen LogP contribution in [0.1, 0.15) is 31.4 Å². The smallest absolute Gasteiger partial charge is 0.198 e. The summed E-state index contributed by atoms with van der Waals surface area (Å²) in [4.78, 5) is 12.4. The Kier molecular flexibility index (Phi) is 5.77. The van der Waals surface area contributed by atoms with Crippen LogP contribution in [0.15, 0.2) is 41.4 Å². The van der Waals surface area contributed by atoms with Crippen LogP contribution in [-0.4, -0.2) is 53.4 Å². The van der Waals surface area contributed by atoms with Crippen molar-refractivity contribution in [1.29, 1.82) is 0 Å². The van der Waals surface area contributed by atoms with E-state index in [1.54, 1.807) is 12.3 Å². The maximum Gasteiger partial charge on any atom is 0.198 e. The molecule has 3 aromatic rings. The molecule has 0 aliphatic carbocycles. The third-order valence-corrected chi connectivity index (χ3v) is 6.14. The summed E-state index contributed by atoms with van der Waals surface area (Å²) in [5.41, 5.74) is 4.41. The third kappa shape index (κ3) is 3.92. The molecule has 1 atom stereocenters. The Morgan fingerprint density at radius 1 is 1.23 bits per heavy atom. The first-order valence-corrected chi connectivity index (χ1v) is 10.6. The molecule has 0 amide bonds. The van der Waals surface area contributed by atoms with Gasteiger partial charge >= 0.3 is 0 Å². The predicted molar refractivity (Wildman–Crippen MR) is 122 cm³/mol. The first kappa shape index (κ1) is 20.4. The highest BCUT2D eigenvalue weighted by molar-refractivity contribution is 6.02. The SMILES string of the molecule is CCN(CC)C1CCN(c2ccc(N=Cc3c(O)[nH]c4ccc(F)cc34)cc2C)C1. The van der Waals surface area contributed by atoms with Gasteiger partial charge in [0.2, 0.25) is 0 Å². The molecule has 1 aliphatic heterocycles. The van der Waals surface area contributed by atoms with Gasteiger partial charge in [0.05, 0.1) is 11.3 Å². The molecule has 2 N–H and O–H groups in total. The Morgan fingerprint density at radius 2 is 2.03 bits per heavy atom. The number of hydrogen-bond donors (Lipinski definition) is 2. The minimum Gasteiger partial charge on any atom is -0.494 e. The van der Waals surface area contributed by atoms with E-state index in [1.165, 1.54) is 29.8 Å². The lowest BCUT2D eigenvalue weighted by Gasteiger charge is -2.27. The van der Waals surface area contributed by atoms with Gasteiger partial charge in [0.15, 0.2) is 5.88 Å². The molecule has 1 unspecified atom stereocenters. The van der Waals surface area contributed by atoms with Crippen LogP contribution in [0, 0.1) is 12.7 Å². The monoisotopic (exact) mass is 408 g/mol. The van der Waals surface area contributed by atoms with Gasteiger partial charge in [-0.15, -0.1) is 0 Å². The Labute approximate surface area is 176 Å². The van der Waals surface area contributed by atoms with Crippen molar-refractivity contribution in [3.63, 3.8) is 0 Å². The van der Waals surface area contributed by atoms with Crippen molar-refractivity contribution in [2.45, 2.75) is 33.2 Å². The van der Waals surface area contributed by atoms with E-state index in [2.05, 4.69) is 52.7 Å². The minimum atomic E-state index is -0.343. The molecule has 0 spiro atoms. The zero-order chi connectivity index (χ0) is 21.3. The van der Waals surface area contributed by atoms with Crippen LogP contribution in [0.2, 0.25) is 0 Å². The number of nitrogens with one attached hydrogen (secondary N) is 1. The molecule has 0 radical (unpaired) electrons. The van der Waals surface area contributed by atoms with Crippen LogP contribution in [-0.2, 0) is 0 Å². The lowest BCUT2D eigenvalue weighted by atomic mass is 10.1. The Balaban J connectivity index is 1.53. The van der Waals surface area contributed by atoms with E-state index in [1.807, 2.05) is 6.07 Å². The largest absolute Gasteiger partial charge is 0.494 e. The topological polar surface area (TPSA) is 54.9 Å². The molecule has 1 aromatic heterocycles. The van der Waals surface area contributed by atoms with Crippen molar-refractivity contribution < 1.29 is 9.50 Å². The Hall–Kier alpha value is -2.86. The highest BCUT2D eigenvalue weighted by atomic mass is 19.1. The number of fused-ring (bicyclic) bond motifs is 1. The molecular formula is C24H29FN4O. The number of aromatic hydroxyl groups is 1. The normalized spacial score (nSPS) is 17.1. The van der Waals surface area contributed by atoms with E-state index in [-0.39, 0.29) is 11.7 Å². The fourth-order valence-electron chi connectivity index (χ4n) is 4.51. The van der Waals surface area contributed by atoms with Gasteiger partial charge in [-0.25, -0.2) is 4.39 Å². The molecule has 0 bridgehead atoms. The first-order chi connectivity index (χ1) is 14.5. The Bertz CT molecular complexity index is 1070. The molecule has 5 nitrogen and oxygen atoms in total. The molecule has 0 saturated carbocycles. The molecule has 1 fully saturated rings. The maximum absolute atomic E-state index is 13.6. The number of rotatable bonds is 6. The number of nitrogens with zero attached hydrogens (tertiary/aromatic N) is 3. The van der Waals surface area contributed by atoms with Crippen molar-refractivity contribution in [1.82, 2.24) is 9.88 Å². The third-order valence-electron chi connectivity index (χ3n) is 6.14. The van der Waals surface area contributed by atoms with Crippen LogP contribution in [0.3, 0.4) is 0 Å². The van der Waals surface area contributed by atoms with E-state index in [4.69, 9.17) is 0 Å². The van der Waals surface area contributed by atoms with Crippen molar-refractivity contribution in [3.05, 3.63) is 53.3 Å². The van der Waals surface area contributed by atoms with Crippen LogP contribution >= 0.6 is 0 Å². The molecule has 2 aromatic carbocycles. The van der Waals surface area contributed by atoms with E-state index in [9.17, 15) is 9.50 Å². The van der Waals surface area contributed by atoms with Gasteiger partial charge in [0.25, 0.3) is 0 Å². The van der Waals surface area contributed by atoms with Gasteiger partial charge in [-0.05, 0) is 68.4 Å². The summed E-state index contributed by atoms with van der Waals surface area (Å²) < 4.78 is 13.6. The summed E-state index contributed by atoms with van der Waals surface area (Å²) in [6.07, 6.45) is 2.78. The predicted octanol–water partition coefficient (Wildman–Crippen LogP) is 4.99. The number of H-pyrrole nitrogens is 1. The van der Waals surface area contributed by atoms with Gasteiger partial charge in [-0.2, -0.15) is 0 Å². The average Bonchev–Trinajstić information content (AvgIpc) is 3.32. The number of anilines is 1. The highest BCUT2D eigenvalue weighted by Gasteiger charge is 2.26. The van der Waals surface area contributed by atoms with Crippen LogP contribution in [0.25, 0.3) is 10.9 Å². The number of aliphatic imine (C=N–C) groups is 1. The van der Waals surface area contributed by atoms with Gasteiger partial charge in [-0.1, -0.05) is 13.8 Å². The van der Waals surface area contributed by atoms with Crippen LogP contribution in [0.4, 0.5) is 15.8 Å². The van der Waals surface area contributed by atoms with Crippen molar-refractivity contribution in [3.8, 4) is 5.88 Å². The number of aromatic nitrogens is 1. The second-order valence-corrected chi connectivity index (χ2v) is 7.92. The standard InChI is InChI=1S/C24H29FN4O/c1-4-28(5-2)19-10-11-29(15-19)23-9-7-18(12-16(23)3)26-14-21-20-13-17(25)6-8-22(20)27-24(21)30/h6-9,12-14,19,27,30H,4-5,10-11,15H2,1-3H3. The number of halogens is 1. The van der Waals surface area contributed by atoms with E-state index < -0.39 is 0 Å². The number of aryl methyl sites for hydroxylation is 1. The second-order valence-electron chi connectivity index (χ2n) is 7.92. The van der Waals surface area contributed by atoms with E-state index in [0.29, 0.717) is 22.5 Å². The van der Waals surface area contributed by atoms with Crippen molar-refractivity contribution in [2.75, 3.05) is 31.1 Å². The maximum atomic E-state index is 13.6. The van der Waals surface area contributed by atoms with Gasteiger partial charge in [0, 0.05) is 41.9 Å². The first-order valence-electron chi connectivity index (χ1n) is 10.6. The zero-order valence-corrected chi connectivity index (χ0v) is 17.8. The quantitative estimate of drug-likeness (QED) is 0.565. The summed E-state index contributed by atoms with van der Waals surface area (Å²) in [6.45, 7) is 10.9. The van der Waals surface area contributed by atoms with Crippen LogP contribution in [0.5, 0.6) is 5.88 Å².